The number of rotatable bonds is 6. The Balaban J connectivity index is 0. The first-order chi connectivity index (χ1) is 5.77. The van der Waals surface area contributed by atoms with Crippen LogP contribution in [0.5, 0.6) is 0 Å². The van der Waals surface area contributed by atoms with Crippen LogP contribution in [0.15, 0.2) is 13.2 Å². The molecule has 0 amide bonds. The van der Waals surface area contributed by atoms with Crippen molar-refractivity contribution in [3.63, 3.8) is 0 Å². The maximum absolute atomic E-state index is 3.00. The summed E-state index contributed by atoms with van der Waals surface area (Å²) >= 11 is 0. The zero-order valence-electron chi connectivity index (χ0n) is 9.23. The molecular formula is C12H26. The molecule has 0 aliphatic heterocycles. The van der Waals surface area contributed by atoms with Gasteiger partial charge in [0.1, 0.15) is 0 Å². The predicted octanol–water partition coefficient (Wildman–Crippen LogP) is 4.81. The molecule has 0 aliphatic rings. The molecule has 0 heterocycles. The molecule has 0 aliphatic carbocycles. The Labute approximate surface area is 79.1 Å². The first-order valence-corrected chi connectivity index (χ1v) is 5.27. The van der Waals surface area contributed by atoms with Crippen molar-refractivity contribution >= 4 is 0 Å². The van der Waals surface area contributed by atoms with Gasteiger partial charge in [-0.05, 0) is 5.92 Å². The number of hydrogen-bond acceptors (Lipinski definition) is 0. The lowest BCUT2D eigenvalue weighted by atomic mass is 10.0. The topological polar surface area (TPSA) is 0 Å². The lowest BCUT2D eigenvalue weighted by Gasteiger charge is -2.02. The number of hydrogen-bond donors (Lipinski definition) is 0. The molecule has 0 atom stereocenters. The fourth-order valence-electron chi connectivity index (χ4n) is 1.16. The minimum atomic E-state index is 0.904. The Kier molecular flexibility index (Phi) is 15.9. The van der Waals surface area contributed by atoms with Crippen LogP contribution in [0.3, 0.4) is 0 Å². The van der Waals surface area contributed by atoms with E-state index in [1.165, 1.54) is 38.5 Å². The van der Waals surface area contributed by atoms with Gasteiger partial charge in [-0.1, -0.05) is 59.3 Å². The maximum Gasteiger partial charge on any atom is -0.0471 e. The van der Waals surface area contributed by atoms with Crippen molar-refractivity contribution in [1.29, 1.82) is 0 Å². The smallest absolute Gasteiger partial charge is 0.0471 e. The third-order valence-electron chi connectivity index (χ3n) is 1.89. The summed E-state index contributed by atoms with van der Waals surface area (Å²) in [4.78, 5) is 0. The van der Waals surface area contributed by atoms with Gasteiger partial charge in [-0.15, -0.1) is 13.2 Å². The Morgan fingerprint density at radius 1 is 0.917 bits per heavy atom. The summed E-state index contributed by atoms with van der Waals surface area (Å²) < 4.78 is 0. The molecule has 0 N–H and O–H groups in total. The molecule has 0 aromatic carbocycles. The molecule has 0 aromatic rings. The Morgan fingerprint density at radius 3 is 1.83 bits per heavy atom. The molecular weight excluding hydrogens is 144 g/mol. The highest BCUT2D eigenvalue weighted by Crippen LogP contribution is 2.09. The van der Waals surface area contributed by atoms with Gasteiger partial charge in [0.05, 0.1) is 0 Å². The summed E-state index contributed by atoms with van der Waals surface area (Å²) in [5.74, 6) is 0.904. The summed E-state index contributed by atoms with van der Waals surface area (Å²) in [6.45, 7) is 12.9. The molecule has 0 radical (unpaired) electrons. The minimum Gasteiger partial charge on any atom is -0.106 e. The zero-order valence-corrected chi connectivity index (χ0v) is 9.23. The highest BCUT2D eigenvalue weighted by Gasteiger charge is 1.92. The van der Waals surface area contributed by atoms with E-state index in [9.17, 15) is 0 Å². The van der Waals surface area contributed by atoms with E-state index in [4.69, 9.17) is 0 Å². The SMILES string of the molecule is C=C.CCCCCCCC(C)C. The average Bonchev–Trinajstić information content (AvgIpc) is 2.07. The second kappa shape index (κ2) is 13.3. The zero-order chi connectivity index (χ0) is 9.82. The Hall–Kier alpha value is -0.260. The molecule has 0 unspecified atom stereocenters. The van der Waals surface area contributed by atoms with Crippen LogP contribution >= 0.6 is 0 Å². The van der Waals surface area contributed by atoms with Gasteiger partial charge in [0.25, 0.3) is 0 Å². The largest absolute Gasteiger partial charge is 0.106 e. The lowest BCUT2D eigenvalue weighted by molar-refractivity contribution is 0.518. The van der Waals surface area contributed by atoms with E-state index in [1.807, 2.05) is 0 Å². The van der Waals surface area contributed by atoms with Gasteiger partial charge in [0, 0.05) is 0 Å². The van der Waals surface area contributed by atoms with Crippen molar-refractivity contribution in [3.05, 3.63) is 13.2 Å². The van der Waals surface area contributed by atoms with Crippen LogP contribution in [0.4, 0.5) is 0 Å². The van der Waals surface area contributed by atoms with Crippen molar-refractivity contribution < 1.29 is 0 Å². The fourth-order valence-corrected chi connectivity index (χ4v) is 1.16. The van der Waals surface area contributed by atoms with E-state index in [1.54, 1.807) is 0 Å². The normalized spacial score (nSPS) is 9.33. The van der Waals surface area contributed by atoms with Crippen LogP contribution in [0.25, 0.3) is 0 Å². The Morgan fingerprint density at radius 2 is 1.42 bits per heavy atom. The lowest BCUT2D eigenvalue weighted by Crippen LogP contribution is -1.86. The highest BCUT2D eigenvalue weighted by molar-refractivity contribution is 4.46. The van der Waals surface area contributed by atoms with Crippen molar-refractivity contribution in [3.8, 4) is 0 Å². The van der Waals surface area contributed by atoms with Gasteiger partial charge in [-0.25, -0.2) is 0 Å². The standard InChI is InChI=1S/C10H22.C2H4/c1-4-5-6-7-8-9-10(2)3;1-2/h10H,4-9H2,1-3H3;1-2H2. The average molecular weight is 170 g/mol. The van der Waals surface area contributed by atoms with Crippen LogP contribution < -0.4 is 0 Å². The molecule has 0 bridgehead atoms. The molecule has 0 nitrogen and oxygen atoms in total. The van der Waals surface area contributed by atoms with E-state index in [0.29, 0.717) is 0 Å². The summed E-state index contributed by atoms with van der Waals surface area (Å²) in [6.07, 6.45) is 8.55. The van der Waals surface area contributed by atoms with Gasteiger partial charge in [-0.3, -0.25) is 0 Å². The highest BCUT2D eigenvalue weighted by atomic mass is 14.0. The molecule has 0 aromatic heterocycles. The van der Waals surface area contributed by atoms with E-state index in [-0.39, 0.29) is 0 Å². The molecule has 74 valence electrons. The Bertz CT molecular complexity index is 64.4. The monoisotopic (exact) mass is 170 g/mol. The minimum absolute atomic E-state index is 0.904. The second-order valence-electron chi connectivity index (χ2n) is 3.60. The maximum atomic E-state index is 3.00. The molecule has 0 fully saturated rings. The summed E-state index contributed by atoms with van der Waals surface area (Å²) in [7, 11) is 0. The first-order valence-electron chi connectivity index (χ1n) is 5.27. The van der Waals surface area contributed by atoms with E-state index in [0.717, 1.165) is 5.92 Å². The fraction of sp³-hybridized carbons (Fsp3) is 0.833. The van der Waals surface area contributed by atoms with Gasteiger partial charge >= 0.3 is 0 Å². The third kappa shape index (κ3) is 16.4. The second-order valence-corrected chi connectivity index (χ2v) is 3.60. The van der Waals surface area contributed by atoms with Gasteiger partial charge in [0.2, 0.25) is 0 Å². The van der Waals surface area contributed by atoms with Crippen LogP contribution in [0.1, 0.15) is 59.3 Å². The molecule has 0 saturated heterocycles. The molecule has 0 rings (SSSR count). The van der Waals surface area contributed by atoms with Gasteiger partial charge in [0.15, 0.2) is 0 Å². The van der Waals surface area contributed by atoms with Crippen LogP contribution in [0.2, 0.25) is 0 Å². The van der Waals surface area contributed by atoms with Crippen molar-refractivity contribution in [2.45, 2.75) is 59.3 Å². The van der Waals surface area contributed by atoms with E-state index < -0.39 is 0 Å². The van der Waals surface area contributed by atoms with Gasteiger partial charge < -0.3 is 0 Å². The van der Waals surface area contributed by atoms with Crippen molar-refractivity contribution in [2.75, 3.05) is 0 Å². The van der Waals surface area contributed by atoms with E-state index in [2.05, 4.69) is 33.9 Å². The summed E-state index contributed by atoms with van der Waals surface area (Å²) in [5.41, 5.74) is 0. The first kappa shape index (κ1) is 14.3. The molecule has 0 heteroatoms. The van der Waals surface area contributed by atoms with Crippen LogP contribution in [-0.2, 0) is 0 Å². The van der Waals surface area contributed by atoms with Crippen molar-refractivity contribution in [1.82, 2.24) is 0 Å². The molecule has 0 spiro atoms. The number of unbranched alkanes of at least 4 members (excludes halogenated alkanes) is 4. The van der Waals surface area contributed by atoms with Crippen LogP contribution in [0, 0.1) is 5.92 Å². The molecule has 12 heavy (non-hydrogen) atoms. The molecule has 0 saturated carbocycles. The van der Waals surface area contributed by atoms with Crippen molar-refractivity contribution in [2.24, 2.45) is 5.92 Å². The summed E-state index contributed by atoms with van der Waals surface area (Å²) in [5, 5.41) is 0. The van der Waals surface area contributed by atoms with E-state index >= 15 is 0 Å². The quantitative estimate of drug-likeness (QED) is 0.396. The van der Waals surface area contributed by atoms with Gasteiger partial charge in [-0.2, -0.15) is 0 Å². The summed E-state index contributed by atoms with van der Waals surface area (Å²) in [6, 6.07) is 0. The third-order valence-corrected chi connectivity index (χ3v) is 1.89. The predicted molar refractivity (Wildman–Crippen MR) is 59.5 cm³/mol. The van der Waals surface area contributed by atoms with Crippen LogP contribution in [-0.4, -0.2) is 0 Å².